The molecule has 0 aliphatic rings. The number of aromatic amines is 1. The van der Waals surface area contributed by atoms with Crippen molar-refractivity contribution in [3.8, 4) is 0 Å². The number of carbonyl (C=O) groups excluding carboxylic acids is 1. The predicted octanol–water partition coefficient (Wildman–Crippen LogP) is 0.109. The van der Waals surface area contributed by atoms with Gasteiger partial charge in [-0.25, -0.2) is 0 Å². The Morgan fingerprint density at radius 1 is 1.92 bits per heavy atom. The van der Waals surface area contributed by atoms with Crippen LogP contribution in [0.2, 0.25) is 0 Å². The molecule has 0 saturated carbocycles. The molecule has 0 fully saturated rings. The van der Waals surface area contributed by atoms with E-state index in [-0.39, 0.29) is 17.6 Å². The SMILES string of the molecule is C=CC(C)NC(=O)c1cn[nH]n1. The van der Waals surface area contributed by atoms with Crippen molar-refractivity contribution in [3.05, 3.63) is 24.5 Å². The summed E-state index contributed by atoms with van der Waals surface area (Å²) in [5.41, 5.74) is 0.281. The van der Waals surface area contributed by atoms with Gasteiger partial charge >= 0.3 is 0 Å². The molecule has 1 atom stereocenters. The van der Waals surface area contributed by atoms with Gasteiger partial charge < -0.3 is 5.32 Å². The fourth-order valence-electron chi connectivity index (χ4n) is 0.651. The molecule has 2 N–H and O–H groups in total. The molecule has 0 aliphatic heterocycles. The zero-order chi connectivity index (χ0) is 8.97. The lowest BCUT2D eigenvalue weighted by Gasteiger charge is -2.05. The minimum absolute atomic E-state index is 0.0609. The second-order valence-corrected chi connectivity index (χ2v) is 2.35. The van der Waals surface area contributed by atoms with Gasteiger partial charge in [0.1, 0.15) is 0 Å². The summed E-state index contributed by atoms with van der Waals surface area (Å²) in [6.07, 6.45) is 3.00. The highest BCUT2D eigenvalue weighted by molar-refractivity contribution is 5.92. The van der Waals surface area contributed by atoms with Gasteiger partial charge in [-0.2, -0.15) is 15.4 Å². The highest BCUT2D eigenvalue weighted by Gasteiger charge is 2.09. The first-order valence-electron chi connectivity index (χ1n) is 3.53. The quantitative estimate of drug-likeness (QED) is 0.626. The van der Waals surface area contributed by atoms with E-state index in [4.69, 9.17) is 0 Å². The summed E-state index contributed by atoms with van der Waals surface area (Å²) in [5, 5.41) is 12.1. The van der Waals surface area contributed by atoms with Gasteiger partial charge in [0.05, 0.1) is 6.20 Å². The molecule has 1 aromatic heterocycles. The molecule has 5 heteroatoms. The molecule has 12 heavy (non-hydrogen) atoms. The van der Waals surface area contributed by atoms with Crippen LogP contribution in [-0.4, -0.2) is 27.4 Å². The van der Waals surface area contributed by atoms with Crippen molar-refractivity contribution in [1.82, 2.24) is 20.7 Å². The maximum atomic E-state index is 11.2. The Morgan fingerprint density at radius 3 is 3.17 bits per heavy atom. The molecule has 0 saturated heterocycles. The van der Waals surface area contributed by atoms with E-state index in [1.54, 1.807) is 6.08 Å². The van der Waals surface area contributed by atoms with Gasteiger partial charge in [0, 0.05) is 6.04 Å². The third-order valence-electron chi connectivity index (χ3n) is 1.36. The predicted molar refractivity (Wildman–Crippen MR) is 43.5 cm³/mol. The number of rotatable bonds is 3. The number of nitrogens with one attached hydrogen (secondary N) is 2. The number of aromatic nitrogens is 3. The summed E-state index contributed by atoms with van der Waals surface area (Å²) < 4.78 is 0. The van der Waals surface area contributed by atoms with Crippen LogP contribution >= 0.6 is 0 Å². The third-order valence-corrected chi connectivity index (χ3v) is 1.36. The monoisotopic (exact) mass is 166 g/mol. The molecular formula is C7H10N4O. The molecule has 0 bridgehead atoms. The van der Waals surface area contributed by atoms with Crippen molar-refractivity contribution in [1.29, 1.82) is 0 Å². The van der Waals surface area contributed by atoms with Crippen molar-refractivity contribution in [2.24, 2.45) is 0 Å². The summed E-state index contributed by atoms with van der Waals surface area (Å²) in [7, 11) is 0. The van der Waals surface area contributed by atoms with Gasteiger partial charge in [-0.3, -0.25) is 4.79 Å². The second-order valence-electron chi connectivity index (χ2n) is 2.35. The van der Waals surface area contributed by atoms with E-state index in [2.05, 4.69) is 27.3 Å². The maximum Gasteiger partial charge on any atom is 0.273 e. The van der Waals surface area contributed by atoms with Crippen LogP contribution in [0.5, 0.6) is 0 Å². The molecule has 0 aromatic carbocycles. The summed E-state index contributed by atoms with van der Waals surface area (Å²) in [4.78, 5) is 11.2. The van der Waals surface area contributed by atoms with Crippen molar-refractivity contribution >= 4 is 5.91 Å². The molecule has 5 nitrogen and oxygen atoms in total. The number of carbonyl (C=O) groups is 1. The van der Waals surface area contributed by atoms with Crippen LogP contribution in [0.4, 0.5) is 0 Å². The molecule has 0 radical (unpaired) electrons. The van der Waals surface area contributed by atoms with Crippen LogP contribution in [0.1, 0.15) is 17.4 Å². The van der Waals surface area contributed by atoms with Crippen molar-refractivity contribution in [3.63, 3.8) is 0 Å². The van der Waals surface area contributed by atoms with E-state index in [1.807, 2.05) is 6.92 Å². The van der Waals surface area contributed by atoms with Gasteiger partial charge in [0.15, 0.2) is 5.69 Å². The summed E-state index contributed by atoms with van der Waals surface area (Å²) >= 11 is 0. The summed E-state index contributed by atoms with van der Waals surface area (Å²) in [5.74, 6) is -0.254. The molecule has 64 valence electrons. The van der Waals surface area contributed by atoms with Crippen LogP contribution in [0, 0.1) is 0 Å². The van der Waals surface area contributed by atoms with Gasteiger partial charge in [-0.1, -0.05) is 6.08 Å². The average Bonchev–Trinajstić information content (AvgIpc) is 2.56. The van der Waals surface area contributed by atoms with E-state index in [0.29, 0.717) is 0 Å². The van der Waals surface area contributed by atoms with Crippen molar-refractivity contribution in [2.45, 2.75) is 13.0 Å². The van der Waals surface area contributed by atoms with Crippen molar-refractivity contribution in [2.75, 3.05) is 0 Å². The molecule has 1 heterocycles. The second kappa shape index (κ2) is 3.66. The third kappa shape index (κ3) is 1.91. The van der Waals surface area contributed by atoms with Crippen molar-refractivity contribution < 1.29 is 4.79 Å². The Labute approximate surface area is 69.9 Å². The minimum atomic E-state index is -0.254. The Bertz CT molecular complexity index is 267. The van der Waals surface area contributed by atoms with E-state index in [1.165, 1.54) is 6.20 Å². The molecule has 0 aliphatic carbocycles. The molecule has 1 unspecified atom stereocenters. The zero-order valence-electron chi connectivity index (χ0n) is 6.74. The largest absolute Gasteiger partial charge is 0.345 e. The Balaban J connectivity index is 2.55. The number of amides is 1. The molecule has 1 rings (SSSR count). The van der Waals surface area contributed by atoms with Crippen LogP contribution in [0.25, 0.3) is 0 Å². The lowest BCUT2D eigenvalue weighted by molar-refractivity contribution is 0.0942. The standard InChI is InChI=1S/C7H10N4O/c1-3-5(2)9-7(12)6-4-8-11-10-6/h3-5H,1H2,2H3,(H,9,12)(H,8,10,11). The van der Waals surface area contributed by atoms with Crippen LogP contribution in [0.3, 0.4) is 0 Å². The van der Waals surface area contributed by atoms with E-state index in [0.717, 1.165) is 0 Å². The number of H-pyrrole nitrogens is 1. The average molecular weight is 166 g/mol. The van der Waals surface area contributed by atoms with Crippen LogP contribution < -0.4 is 5.32 Å². The maximum absolute atomic E-state index is 11.2. The lowest BCUT2D eigenvalue weighted by atomic mass is 10.3. The van der Waals surface area contributed by atoms with E-state index in [9.17, 15) is 4.79 Å². The van der Waals surface area contributed by atoms with Crippen LogP contribution in [0.15, 0.2) is 18.9 Å². The number of nitrogens with zero attached hydrogens (tertiary/aromatic N) is 2. The topological polar surface area (TPSA) is 70.7 Å². The minimum Gasteiger partial charge on any atom is -0.345 e. The van der Waals surface area contributed by atoms with Gasteiger partial charge in [-0.05, 0) is 6.92 Å². The normalized spacial score (nSPS) is 12.1. The zero-order valence-corrected chi connectivity index (χ0v) is 6.74. The van der Waals surface area contributed by atoms with E-state index < -0.39 is 0 Å². The molecule has 0 spiro atoms. The molecule has 1 amide bonds. The Hall–Kier alpha value is -1.65. The first-order valence-corrected chi connectivity index (χ1v) is 3.53. The van der Waals surface area contributed by atoms with Gasteiger partial charge in [-0.15, -0.1) is 6.58 Å². The van der Waals surface area contributed by atoms with Crippen LogP contribution in [-0.2, 0) is 0 Å². The highest BCUT2D eigenvalue weighted by Crippen LogP contribution is 1.90. The number of hydrogen-bond acceptors (Lipinski definition) is 3. The van der Waals surface area contributed by atoms with E-state index >= 15 is 0 Å². The van der Waals surface area contributed by atoms with Gasteiger partial charge in [0.25, 0.3) is 5.91 Å². The number of hydrogen-bond donors (Lipinski definition) is 2. The molecule has 1 aromatic rings. The smallest absolute Gasteiger partial charge is 0.273 e. The highest BCUT2D eigenvalue weighted by atomic mass is 16.2. The first-order chi connectivity index (χ1) is 5.74. The fourth-order valence-corrected chi connectivity index (χ4v) is 0.651. The lowest BCUT2D eigenvalue weighted by Crippen LogP contribution is -2.31. The molecular weight excluding hydrogens is 156 g/mol. The van der Waals surface area contributed by atoms with Gasteiger partial charge in [0.2, 0.25) is 0 Å². The Kier molecular flexibility index (Phi) is 2.57. The first kappa shape index (κ1) is 8.45. The fraction of sp³-hybridized carbons (Fsp3) is 0.286. The summed E-state index contributed by atoms with van der Waals surface area (Å²) in [6.45, 7) is 5.36. The Morgan fingerprint density at radius 2 is 2.67 bits per heavy atom. The summed E-state index contributed by atoms with van der Waals surface area (Å²) in [6, 6.07) is -0.0609.